The second-order valence-electron chi connectivity index (χ2n) is 6.51. The third-order valence-electron chi connectivity index (χ3n) is 4.09. The molecule has 2 amide bonds. The van der Waals surface area contributed by atoms with Gasteiger partial charge in [-0.1, -0.05) is 36.5 Å². The number of unbranched alkanes of at least 4 members (excludes halogenated alkanes) is 1. The van der Waals surface area contributed by atoms with Crippen molar-refractivity contribution in [3.63, 3.8) is 0 Å². The summed E-state index contributed by atoms with van der Waals surface area (Å²) in [5.74, 6) is 0.845. The van der Waals surface area contributed by atoms with Crippen molar-refractivity contribution in [1.82, 2.24) is 19.8 Å². The molecule has 170 valence electrons. The number of aryl methyl sites for hydroxylation is 2. The molecule has 9 nitrogen and oxygen atoms in total. The van der Waals surface area contributed by atoms with E-state index in [0.717, 1.165) is 18.2 Å². The van der Waals surface area contributed by atoms with E-state index in [-0.39, 0.29) is 16.7 Å². The fraction of sp³-hybridized carbons (Fsp3) is 0.368. The standard InChI is InChI=1S/C19H24Cl2N4O5S/c1-5-6-8-22-19(26)24-31(27,28)9-7-13-12(2)23-25(3)18(13)30-17-11-16(29-4)14(20)10-15(17)21/h7,9-11H,5-6,8H2,1-4H3,(H2,22,24,26)/b9-7+. The van der Waals surface area contributed by atoms with Crippen molar-refractivity contribution in [2.75, 3.05) is 13.7 Å². The Balaban J connectivity index is 2.27. The first-order valence-corrected chi connectivity index (χ1v) is 11.6. The first-order valence-electron chi connectivity index (χ1n) is 9.31. The predicted molar refractivity (Wildman–Crippen MR) is 120 cm³/mol. The second-order valence-corrected chi connectivity index (χ2v) is 8.89. The van der Waals surface area contributed by atoms with E-state index in [0.29, 0.717) is 28.6 Å². The Morgan fingerprint density at radius 2 is 1.94 bits per heavy atom. The number of nitrogens with zero attached hydrogens (tertiary/aromatic N) is 2. The van der Waals surface area contributed by atoms with Crippen LogP contribution in [0.15, 0.2) is 17.5 Å². The van der Waals surface area contributed by atoms with Gasteiger partial charge in [-0.2, -0.15) is 5.10 Å². The molecule has 0 bridgehead atoms. The summed E-state index contributed by atoms with van der Waals surface area (Å²) in [7, 11) is -0.947. The fourth-order valence-corrected chi connectivity index (χ4v) is 3.76. The Bertz CT molecular complexity index is 1080. The van der Waals surface area contributed by atoms with Gasteiger partial charge in [-0.15, -0.1) is 0 Å². The van der Waals surface area contributed by atoms with Crippen molar-refractivity contribution in [1.29, 1.82) is 0 Å². The number of carbonyl (C=O) groups is 1. The molecule has 0 aliphatic rings. The van der Waals surface area contributed by atoms with E-state index in [4.69, 9.17) is 32.7 Å². The van der Waals surface area contributed by atoms with Gasteiger partial charge in [0.05, 0.1) is 33.8 Å². The lowest BCUT2D eigenvalue weighted by Gasteiger charge is -2.11. The van der Waals surface area contributed by atoms with Crippen LogP contribution in [0.2, 0.25) is 10.0 Å². The van der Waals surface area contributed by atoms with Gasteiger partial charge in [0.2, 0.25) is 5.88 Å². The Hall–Kier alpha value is -2.43. The summed E-state index contributed by atoms with van der Waals surface area (Å²) in [4.78, 5) is 11.7. The minimum atomic E-state index is -4.04. The van der Waals surface area contributed by atoms with Gasteiger partial charge < -0.3 is 14.8 Å². The zero-order valence-electron chi connectivity index (χ0n) is 17.5. The summed E-state index contributed by atoms with van der Waals surface area (Å²) in [6.07, 6.45) is 2.91. The summed E-state index contributed by atoms with van der Waals surface area (Å²) in [6, 6.07) is 2.19. The molecule has 0 fully saturated rings. The van der Waals surface area contributed by atoms with E-state index in [1.54, 1.807) is 14.0 Å². The van der Waals surface area contributed by atoms with E-state index in [2.05, 4.69) is 10.4 Å². The largest absolute Gasteiger partial charge is 0.495 e. The van der Waals surface area contributed by atoms with Crippen LogP contribution in [0.5, 0.6) is 17.4 Å². The molecule has 0 spiro atoms. The van der Waals surface area contributed by atoms with Crippen molar-refractivity contribution in [2.24, 2.45) is 7.05 Å². The Morgan fingerprint density at radius 1 is 1.26 bits per heavy atom. The molecule has 0 aliphatic heterocycles. The van der Waals surface area contributed by atoms with Crippen LogP contribution < -0.4 is 19.5 Å². The molecule has 12 heteroatoms. The lowest BCUT2D eigenvalue weighted by Crippen LogP contribution is -2.38. The molecule has 0 unspecified atom stereocenters. The van der Waals surface area contributed by atoms with Gasteiger partial charge in [0.25, 0.3) is 10.0 Å². The van der Waals surface area contributed by atoms with Crippen LogP contribution in [0, 0.1) is 6.92 Å². The number of rotatable bonds is 9. The van der Waals surface area contributed by atoms with Gasteiger partial charge in [-0.3, -0.25) is 0 Å². The fourth-order valence-electron chi connectivity index (χ4n) is 2.55. The first-order chi connectivity index (χ1) is 14.6. The monoisotopic (exact) mass is 490 g/mol. The van der Waals surface area contributed by atoms with Gasteiger partial charge in [0.1, 0.15) is 5.75 Å². The molecule has 1 heterocycles. The topological polar surface area (TPSA) is 112 Å². The van der Waals surface area contributed by atoms with Crippen LogP contribution >= 0.6 is 23.2 Å². The summed E-state index contributed by atoms with van der Waals surface area (Å²) in [5.41, 5.74) is 0.901. The molecule has 0 saturated heterocycles. The zero-order valence-corrected chi connectivity index (χ0v) is 19.9. The van der Waals surface area contributed by atoms with Crippen LogP contribution in [-0.4, -0.2) is 37.9 Å². The Morgan fingerprint density at radius 3 is 2.58 bits per heavy atom. The maximum absolute atomic E-state index is 12.2. The molecule has 0 radical (unpaired) electrons. The van der Waals surface area contributed by atoms with E-state index in [1.165, 1.54) is 30.0 Å². The van der Waals surface area contributed by atoms with E-state index >= 15 is 0 Å². The number of hydrogen-bond acceptors (Lipinski definition) is 6. The molecule has 2 aromatic rings. The molecule has 0 saturated carbocycles. The van der Waals surface area contributed by atoms with E-state index < -0.39 is 16.1 Å². The SMILES string of the molecule is CCCCNC(=O)NS(=O)(=O)/C=C/c1c(C)nn(C)c1Oc1cc(OC)c(Cl)cc1Cl. The molecule has 1 aromatic heterocycles. The number of nitrogens with one attached hydrogen (secondary N) is 2. The number of sulfonamides is 1. The van der Waals surface area contributed by atoms with Gasteiger partial charge in [0, 0.05) is 19.7 Å². The zero-order chi connectivity index (χ0) is 23.2. The highest BCUT2D eigenvalue weighted by atomic mass is 35.5. The summed E-state index contributed by atoms with van der Waals surface area (Å²) in [5, 5.41) is 8.15. The normalized spacial score (nSPS) is 11.5. The molecule has 2 rings (SSSR count). The van der Waals surface area contributed by atoms with Crippen molar-refractivity contribution < 1.29 is 22.7 Å². The van der Waals surface area contributed by atoms with Crippen molar-refractivity contribution in [3.05, 3.63) is 38.8 Å². The Labute approximate surface area is 191 Å². The van der Waals surface area contributed by atoms with Crippen LogP contribution in [-0.2, 0) is 17.1 Å². The molecule has 31 heavy (non-hydrogen) atoms. The first kappa shape index (κ1) is 24.8. The van der Waals surface area contributed by atoms with Gasteiger partial charge >= 0.3 is 6.03 Å². The maximum Gasteiger partial charge on any atom is 0.328 e. The molecule has 0 atom stereocenters. The van der Waals surface area contributed by atoms with Crippen molar-refractivity contribution in [3.8, 4) is 17.4 Å². The highest BCUT2D eigenvalue weighted by Gasteiger charge is 2.18. The molecular formula is C19H24Cl2N4O5S. The number of carbonyl (C=O) groups excluding carboxylic acids is 1. The lowest BCUT2D eigenvalue weighted by molar-refractivity contribution is 0.246. The van der Waals surface area contributed by atoms with Gasteiger partial charge in [0.15, 0.2) is 5.75 Å². The van der Waals surface area contributed by atoms with Gasteiger partial charge in [-0.05, 0) is 25.5 Å². The number of methoxy groups -OCH3 is 1. The quantitative estimate of drug-likeness (QED) is 0.508. The minimum Gasteiger partial charge on any atom is -0.495 e. The molecule has 2 N–H and O–H groups in total. The smallest absolute Gasteiger partial charge is 0.328 e. The number of benzene rings is 1. The number of urea groups is 1. The molecule has 1 aromatic carbocycles. The summed E-state index contributed by atoms with van der Waals surface area (Å²) < 4.78 is 38.9. The number of halogens is 2. The molecule has 0 aliphatic carbocycles. The lowest BCUT2D eigenvalue weighted by atomic mass is 10.2. The average molecular weight is 491 g/mol. The average Bonchev–Trinajstić information content (AvgIpc) is 2.94. The van der Waals surface area contributed by atoms with Crippen LogP contribution in [0.1, 0.15) is 31.0 Å². The number of hydrogen-bond donors (Lipinski definition) is 2. The third-order valence-corrected chi connectivity index (χ3v) is 5.65. The van der Waals surface area contributed by atoms with Crippen LogP contribution in [0.4, 0.5) is 4.79 Å². The maximum atomic E-state index is 12.2. The van der Waals surface area contributed by atoms with Crippen LogP contribution in [0.25, 0.3) is 6.08 Å². The summed E-state index contributed by atoms with van der Waals surface area (Å²) in [6.45, 7) is 4.03. The second kappa shape index (κ2) is 10.7. The van der Waals surface area contributed by atoms with E-state index in [1.807, 2.05) is 11.6 Å². The predicted octanol–water partition coefficient (Wildman–Crippen LogP) is 4.24. The highest BCUT2D eigenvalue weighted by molar-refractivity contribution is 7.93. The van der Waals surface area contributed by atoms with Crippen molar-refractivity contribution in [2.45, 2.75) is 26.7 Å². The summed E-state index contributed by atoms with van der Waals surface area (Å²) >= 11 is 12.3. The number of amides is 2. The molecular weight excluding hydrogens is 467 g/mol. The Kier molecular flexibility index (Phi) is 8.60. The third kappa shape index (κ3) is 6.78. The number of aromatic nitrogens is 2. The highest BCUT2D eigenvalue weighted by Crippen LogP contribution is 2.39. The van der Waals surface area contributed by atoms with Crippen molar-refractivity contribution >= 4 is 45.3 Å². The van der Waals surface area contributed by atoms with E-state index in [9.17, 15) is 13.2 Å². The minimum absolute atomic E-state index is 0.234. The number of ether oxygens (including phenoxy) is 2. The van der Waals surface area contributed by atoms with Crippen LogP contribution in [0.3, 0.4) is 0 Å². The van der Waals surface area contributed by atoms with Gasteiger partial charge in [-0.25, -0.2) is 22.6 Å².